The van der Waals surface area contributed by atoms with E-state index in [4.69, 9.17) is 0 Å². The minimum Gasteiger partial charge on any atom is -0.374 e. The van der Waals surface area contributed by atoms with E-state index in [-0.39, 0.29) is 0 Å². The lowest BCUT2D eigenvalue weighted by Crippen LogP contribution is -2.27. The number of hydrogen-bond acceptors (Lipinski definition) is 2. The Labute approximate surface area is 128 Å². The molecule has 0 amide bonds. The van der Waals surface area contributed by atoms with Crippen molar-refractivity contribution in [3.63, 3.8) is 0 Å². The van der Waals surface area contributed by atoms with Crippen LogP contribution in [0.4, 0.5) is 5.69 Å². The number of para-hydroxylation sites is 1. The molecular weight excluding hydrogens is 256 g/mol. The fourth-order valence-corrected chi connectivity index (χ4v) is 2.75. The van der Waals surface area contributed by atoms with Gasteiger partial charge in [-0.05, 0) is 37.1 Å². The summed E-state index contributed by atoms with van der Waals surface area (Å²) in [6.07, 6.45) is 1.10. The van der Waals surface area contributed by atoms with Gasteiger partial charge in [-0.25, -0.2) is 0 Å². The predicted octanol–water partition coefficient (Wildman–Crippen LogP) is 4.17. The van der Waals surface area contributed by atoms with Gasteiger partial charge in [-0.1, -0.05) is 55.5 Å². The molecule has 1 N–H and O–H groups in total. The second-order valence-corrected chi connectivity index (χ2v) is 5.52. The van der Waals surface area contributed by atoms with Gasteiger partial charge in [0, 0.05) is 25.3 Å². The van der Waals surface area contributed by atoms with Crippen LogP contribution in [-0.2, 0) is 0 Å². The maximum absolute atomic E-state index is 3.59. The van der Waals surface area contributed by atoms with Crippen LogP contribution >= 0.6 is 0 Å². The Balaban J connectivity index is 2.00. The second-order valence-electron chi connectivity index (χ2n) is 5.52. The van der Waals surface area contributed by atoms with E-state index in [1.165, 1.54) is 16.8 Å². The van der Waals surface area contributed by atoms with E-state index in [1.54, 1.807) is 0 Å². The Morgan fingerprint density at radius 1 is 1.00 bits per heavy atom. The molecule has 0 saturated heterocycles. The molecule has 112 valence electrons. The first-order chi connectivity index (χ1) is 10.2. The summed E-state index contributed by atoms with van der Waals surface area (Å²) in [6, 6.07) is 19.7. The van der Waals surface area contributed by atoms with E-state index in [9.17, 15) is 0 Å². The van der Waals surface area contributed by atoms with Crippen LogP contribution in [0.1, 0.15) is 30.5 Å². The molecule has 2 aromatic carbocycles. The van der Waals surface area contributed by atoms with Gasteiger partial charge in [-0.15, -0.1) is 0 Å². The summed E-state index contributed by atoms with van der Waals surface area (Å²) in [7, 11) is 2.18. The summed E-state index contributed by atoms with van der Waals surface area (Å²) in [5, 5.41) is 3.59. The van der Waals surface area contributed by atoms with E-state index >= 15 is 0 Å². The summed E-state index contributed by atoms with van der Waals surface area (Å²) >= 11 is 0. The Morgan fingerprint density at radius 3 is 2.33 bits per heavy atom. The molecule has 1 atom stereocenters. The number of rotatable bonds is 7. The van der Waals surface area contributed by atoms with Gasteiger partial charge >= 0.3 is 0 Å². The van der Waals surface area contributed by atoms with E-state index in [1.807, 2.05) is 0 Å². The van der Waals surface area contributed by atoms with Crippen LogP contribution in [0, 0.1) is 6.92 Å². The first-order valence-electron chi connectivity index (χ1n) is 7.77. The summed E-state index contributed by atoms with van der Waals surface area (Å²) in [5.74, 6) is 0. The first kappa shape index (κ1) is 15.6. The Kier molecular flexibility index (Phi) is 5.82. The van der Waals surface area contributed by atoms with Gasteiger partial charge < -0.3 is 10.2 Å². The number of hydrogen-bond donors (Lipinski definition) is 1. The van der Waals surface area contributed by atoms with Crippen LogP contribution in [0.25, 0.3) is 0 Å². The summed E-state index contributed by atoms with van der Waals surface area (Å²) in [4.78, 5) is 2.35. The van der Waals surface area contributed by atoms with E-state index in [2.05, 4.69) is 85.7 Å². The van der Waals surface area contributed by atoms with Crippen LogP contribution in [0.5, 0.6) is 0 Å². The third kappa shape index (κ3) is 4.33. The van der Waals surface area contributed by atoms with Gasteiger partial charge in [0.2, 0.25) is 0 Å². The maximum Gasteiger partial charge on any atom is 0.0393 e. The smallest absolute Gasteiger partial charge is 0.0393 e. The first-order valence-corrected chi connectivity index (χ1v) is 7.77. The van der Waals surface area contributed by atoms with Gasteiger partial charge in [0.15, 0.2) is 0 Å². The standard InChI is InChI=1S/C19H26N2/c1-4-20-18(17-11-6-5-7-12-17)14-15-21(3)19-13-9-8-10-16(19)2/h5-13,18,20H,4,14-15H2,1-3H3. The molecule has 0 heterocycles. The number of benzene rings is 2. The van der Waals surface area contributed by atoms with Gasteiger partial charge in [-0.2, -0.15) is 0 Å². The van der Waals surface area contributed by atoms with Crippen molar-refractivity contribution in [3.05, 3.63) is 65.7 Å². The summed E-state index contributed by atoms with van der Waals surface area (Å²) < 4.78 is 0. The molecule has 0 aliphatic carbocycles. The quantitative estimate of drug-likeness (QED) is 0.820. The molecule has 0 saturated carbocycles. The van der Waals surface area contributed by atoms with E-state index < -0.39 is 0 Å². The van der Waals surface area contributed by atoms with E-state index in [0.29, 0.717) is 6.04 Å². The highest BCUT2D eigenvalue weighted by Crippen LogP contribution is 2.21. The fraction of sp³-hybridized carbons (Fsp3) is 0.368. The SMILES string of the molecule is CCNC(CCN(C)c1ccccc1C)c1ccccc1. The van der Waals surface area contributed by atoms with Gasteiger partial charge in [0.1, 0.15) is 0 Å². The zero-order valence-electron chi connectivity index (χ0n) is 13.3. The lowest BCUT2D eigenvalue weighted by Gasteiger charge is -2.25. The molecule has 0 spiro atoms. The van der Waals surface area contributed by atoms with Crippen molar-refractivity contribution in [3.8, 4) is 0 Å². The normalized spacial score (nSPS) is 12.1. The molecule has 2 heteroatoms. The Bertz CT molecular complexity index is 536. The lowest BCUT2D eigenvalue weighted by atomic mass is 10.0. The molecule has 1 unspecified atom stereocenters. The van der Waals surface area contributed by atoms with E-state index in [0.717, 1.165) is 19.5 Å². The van der Waals surface area contributed by atoms with Crippen molar-refractivity contribution in [2.24, 2.45) is 0 Å². The Morgan fingerprint density at radius 2 is 1.67 bits per heavy atom. The molecule has 2 nitrogen and oxygen atoms in total. The average molecular weight is 282 g/mol. The van der Waals surface area contributed by atoms with Crippen LogP contribution in [-0.4, -0.2) is 20.1 Å². The molecule has 2 aromatic rings. The monoisotopic (exact) mass is 282 g/mol. The molecule has 0 fully saturated rings. The van der Waals surface area contributed by atoms with Crippen molar-refractivity contribution in [1.29, 1.82) is 0 Å². The maximum atomic E-state index is 3.59. The Hall–Kier alpha value is -1.80. The predicted molar refractivity (Wildman–Crippen MR) is 91.9 cm³/mol. The van der Waals surface area contributed by atoms with Crippen molar-refractivity contribution < 1.29 is 0 Å². The average Bonchev–Trinajstić information content (AvgIpc) is 2.52. The molecule has 2 rings (SSSR count). The third-order valence-electron chi connectivity index (χ3n) is 3.93. The van der Waals surface area contributed by atoms with Crippen LogP contribution in [0.15, 0.2) is 54.6 Å². The van der Waals surface area contributed by atoms with Crippen molar-refractivity contribution >= 4 is 5.69 Å². The van der Waals surface area contributed by atoms with Gasteiger partial charge in [0.25, 0.3) is 0 Å². The highest BCUT2D eigenvalue weighted by molar-refractivity contribution is 5.52. The van der Waals surface area contributed by atoms with Crippen LogP contribution < -0.4 is 10.2 Å². The largest absolute Gasteiger partial charge is 0.374 e. The lowest BCUT2D eigenvalue weighted by molar-refractivity contribution is 0.516. The summed E-state index contributed by atoms with van der Waals surface area (Å²) in [6.45, 7) is 6.37. The zero-order valence-corrected chi connectivity index (χ0v) is 13.3. The number of nitrogens with zero attached hydrogens (tertiary/aromatic N) is 1. The van der Waals surface area contributed by atoms with Crippen LogP contribution in [0.2, 0.25) is 0 Å². The number of anilines is 1. The van der Waals surface area contributed by atoms with Gasteiger partial charge in [-0.3, -0.25) is 0 Å². The molecule has 0 radical (unpaired) electrons. The van der Waals surface area contributed by atoms with Crippen molar-refractivity contribution in [2.75, 3.05) is 25.0 Å². The molecule has 0 aromatic heterocycles. The molecule has 21 heavy (non-hydrogen) atoms. The van der Waals surface area contributed by atoms with Gasteiger partial charge in [0.05, 0.1) is 0 Å². The zero-order chi connectivity index (χ0) is 15.1. The fourth-order valence-electron chi connectivity index (χ4n) is 2.75. The summed E-state index contributed by atoms with van der Waals surface area (Å²) in [5.41, 5.74) is 4.03. The molecule has 0 aliphatic heterocycles. The highest BCUT2D eigenvalue weighted by Gasteiger charge is 2.11. The topological polar surface area (TPSA) is 15.3 Å². The number of nitrogens with one attached hydrogen (secondary N) is 1. The second kappa shape index (κ2) is 7.84. The molecular formula is C19H26N2. The molecule has 0 bridgehead atoms. The van der Waals surface area contributed by atoms with Crippen LogP contribution in [0.3, 0.4) is 0 Å². The van der Waals surface area contributed by atoms with Crippen molar-refractivity contribution in [1.82, 2.24) is 5.32 Å². The minimum absolute atomic E-state index is 0.419. The highest BCUT2D eigenvalue weighted by atomic mass is 15.1. The minimum atomic E-state index is 0.419. The van der Waals surface area contributed by atoms with Crippen molar-refractivity contribution in [2.45, 2.75) is 26.3 Å². The molecule has 0 aliphatic rings. The number of aryl methyl sites for hydroxylation is 1. The third-order valence-corrected chi connectivity index (χ3v) is 3.93.